The van der Waals surface area contributed by atoms with Gasteiger partial charge < -0.3 is 15.7 Å². The number of carbonyl (C=O) groups is 1. The number of aromatic hydroxyl groups is 1. The molecule has 5 rings (SSSR count). The number of carbonyl (C=O) groups excluding carboxylic acids is 1. The topological polar surface area (TPSA) is 92.1 Å². The zero-order valence-electron chi connectivity index (χ0n) is 16.6. The van der Waals surface area contributed by atoms with Crippen LogP contribution >= 0.6 is 11.3 Å². The molecule has 7 nitrogen and oxygen atoms in total. The first-order valence-electron chi connectivity index (χ1n) is 9.73. The Bertz CT molecular complexity index is 1280. The molecule has 1 unspecified atom stereocenters. The molecule has 2 aromatic carbocycles. The molecule has 0 saturated carbocycles. The molecule has 1 atom stereocenters. The van der Waals surface area contributed by atoms with Crippen molar-refractivity contribution in [1.29, 1.82) is 0 Å². The predicted molar refractivity (Wildman–Crippen MR) is 121 cm³/mol. The zero-order chi connectivity index (χ0) is 21.4. The van der Waals surface area contributed by atoms with Gasteiger partial charge in [0.15, 0.2) is 5.82 Å². The lowest BCUT2D eigenvalue weighted by atomic mass is 10.0. The number of fused-ring (bicyclic) bond motifs is 1. The lowest BCUT2D eigenvalue weighted by molar-refractivity contribution is -0.113. The number of nitrogens with one attached hydrogen (secondary N) is 2. The van der Waals surface area contributed by atoms with Crippen molar-refractivity contribution < 1.29 is 9.90 Å². The van der Waals surface area contributed by atoms with Gasteiger partial charge in [-0.25, -0.2) is 4.68 Å². The number of hydrogen-bond donors (Lipinski definition) is 3. The molecular formula is C23H19N5O2S. The molecule has 154 valence electrons. The third-order valence-electron chi connectivity index (χ3n) is 5.05. The highest BCUT2D eigenvalue weighted by molar-refractivity contribution is 7.10. The minimum atomic E-state index is -0.418. The molecule has 0 radical (unpaired) electrons. The van der Waals surface area contributed by atoms with Gasteiger partial charge in [0.05, 0.1) is 5.57 Å². The standard InChI is InChI=1S/C23H19N5O2S/c1-14-19(22(30)25-16-8-3-2-4-9-16)20(18-11-6-12-31-18)28-23(24-14)26-21(27-28)15-7-5-10-17(29)13-15/h2-13,20,29H,1H3,(H,25,30)(H,24,26,27). The number of para-hydroxylation sites is 1. The Morgan fingerprint density at radius 2 is 1.97 bits per heavy atom. The third kappa shape index (κ3) is 3.57. The molecule has 1 amide bonds. The highest BCUT2D eigenvalue weighted by Crippen LogP contribution is 2.38. The van der Waals surface area contributed by atoms with E-state index in [1.54, 1.807) is 34.2 Å². The number of phenolic OH excluding ortho intramolecular Hbond substituents is 1. The summed E-state index contributed by atoms with van der Waals surface area (Å²) in [6.07, 6.45) is 0. The minimum absolute atomic E-state index is 0.144. The Kier molecular flexibility index (Phi) is 4.76. The number of rotatable bonds is 4. The summed E-state index contributed by atoms with van der Waals surface area (Å²) < 4.78 is 1.73. The molecule has 0 fully saturated rings. The molecule has 8 heteroatoms. The van der Waals surface area contributed by atoms with Gasteiger partial charge in [0.25, 0.3) is 5.91 Å². The quantitative estimate of drug-likeness (QED) is 0.440. The number of nitrogens with zero attached hydrogens (tertiary/aromatic N) is 3. The number of benzene rings is 2. The Hall–Kier alpha value is -3.91. The minimum Gasteiger partial charge on any atom is -0.508 e. The molecule has 0 bridgehead atoms. The predicted octanol–water partition coefficient (Wildman–Crippen LogP) is 4.64. The van der Waals surface area contributed by atoms with Crippen LogP contribution in [0.2, 0.25) is 0 Å². The maximum atomic E-state index is 13.3. The number of amides is 1. The van der Waals surface area contributed by atoms with Gasteiger partial charge >= 0.3 is 0 Å². The van der Waals surface area contributed by atoms with Crippen LogP contribution in [-0.4, -0.2) is 25.8 Å². The lowest BCUT2D eigenvalue weighted by Gasteiger charge is -2.27. The summed E-state index contributed by atoms with van der Waals surface area (Å²) in [5.41, 5.74) is 2.71. The zero-order valence-corrected chi connectivity index (χ0v) is 17.4. The lowest BCUT2D eigenvalue weighted by Crippen LogP contribution is -2.31. The fourth-order valence-electron chi connectivity index (χ4n) is 3.64. The second kappa shape index (κ2) is 7.73. The van der Waals surface area contributed by atoms with Crippen LogP contribution in [0.5, 0.6) is 5.75 Å². The molecule has 1 aliphatic rings. The van der Waals surface area contributed by atoms with Gasteiger partial charge in [-0.1, -0.05) is 36.4 Å². The van der Waals surface area contributed by atoms with Crippen molar-refractivity contribution in [2.24, 2.45) is 0 Å². The van der Waals surface area contributed by atoms with Crippen molar-refractivity contribution in [2.75, 3.05) is 10.6 Å². The molecule has 0 aliphatic carbocycles. The molecule has 1 aliphatic heterocycles. The number of allylic oxidation sites excluding steroid dienone is 1. The maximum absolute atomic E-state index is 13.3. The Balaban J connectivity index is 1.58. The second-order valence-corrected chi connectivity index (χ2v) is 8.13. The van der Waals surface area contributed by atoms with Crippen molar-refractivity contribution in [3.63, 3.8) is 0 Å². The van der Waals surface area contributed by atoms with Gasteiger partial charge in [0.2, 0.25) is 5.95 Å². The van der Waals surface area contributed by atoms with Gasteiger partial charge in [0.1, 0.15) is 11.8 Å². The number of anilines is 2. The summed E-state index contributed by atoms with van der Waals surface area (Å²) in [6, 6.07) is 19.7. The largest absolute Gasteiger partial charge is 0.508 e. The monoisotopic (exact) mass is 429 g/mol. The van der Waals surface area contributed by atoms with Gasteiger partial charge in [0, 0.05) is 21.8 Å². The van der Waals surface area contributed by atoms with Crippen LogP contribution in [0, 0.1) is 0 Å². The molecule has 2 aromatic heterocycles. The summed E-state index contributed by atoms with van der Waals surface area (Å²) >= 11 is 1.56. The second-order valence-electron chi connectivity index (χ2n) is 7.16. The van der Waals surface area contributed by atoms with Gasteiger partial charge in [-0.2, -0.15) is 4.98 Å². The first kappa shape index (κ1) is 19.1. The van der Waals surface area contributed by atoms with E-state index in [0.29, 0.717) is 28.6 Å². The summed E-state index contributed by atoms with van der Waals surface area (Å²) in [5, 5.41) is 22.7. The van der Waals surface area contributed by atoms with Crippen LogP contribution in [0.25, 0.3) is 11.4 Å². The Morgan fingerprint density at radius 3 is 2.71 bits per heavy atom. The van der Waals surface area contributed by atoms with Crippen molar-refractivity contribution in [1.82, 2.24) is 14.8 Å². The maximum Gasteiger partial charge on any atom is 0.255 e. The molecule has 3 heterocycles. The average molecular weight is 430 g/mol. The third-order valence-corrected chi connectivity index (χ3v) is 5.97. The highest BCUT2D eigenvalue weighted by Gasteiger charge is 2.35. The number of thiophene rings is 1. The fraction of sp³-hybridized carbons (Fsp3) is 0.0870. The van der Waals surface area contributed by atoms with Crippen molar-refractivity contribution in [3.05, 3.63) is 88.3 Å². The van der Waals surface area contributed by atoms with E-state index in [2.05, 4.69) is 15.6 Å². The van der Waals surface area contributed by atoms with E-state index in [4.69, 9.17) is 5.10 Å². The van der Waals surface area contributed by atoms with E-state index in [1.807, 2.05) is 60.8 Å². The number of hydrogen-bond acceptors (Lipinski definition) is 6. The van der Waals surface area contributed by atoms with Crippen LogP contribution in [0.3, 0.4) is 0 Å². The Morgan fingerprint density at radius 1 is 1.13 bits per heavy atom. The normalized spacial score (nSPS) is 15.3. The van der Waals surface area contributed by atoms with Gasteiger partial charge in [-0.3, -0.25) is 4.79 Å². The van der Waals surface area contributed by atoms with Crippen molar-refractivity contribution in [2.45, 2.75) is 13.0 Å². The summed E-state index contributed by atoms with van der Waals surface area (Å²) in [5.74, 6) is 0.961. The van der Waals surface area contributed by atoms with E-state index >= 15 is 0 Å². The van der Waals surface area contributed by atoms with Crippen LogP contribution in [0.1, 0.15) is 17.8 Å². The molecule has 31 heavy (non-hydrogen) atoms. The summed E-state index contributed by atoms with van der Waals surface area (Å²) in [6.45, 7) is 1.87. The average Bonchev–Trinajstić information content (AvgIpc) is 3.43. The van der Waals surface area contributed by atoms with Crippen LogP contribution in [-0.2, 0) is 4.79 Å². The molecular weight excluding hydrogens is 410 g/mol. The van der Waals surface area contributed by atoms with Crippen molar-refractivity contribution >= 4 is 28.9 Å². The van der Waals surface area contributed by atoms with Gasteiger partial charge in [-0.15, -0.1) is 16.4 Å². The SMILES string of the molecule is CC1=C(C(=O)Nc2ccccc2)C(c2cccs2)n2nc(-c3cccc(O)c3)nc2N1. The molecule has 0 spiro atoms. The number of aromatic nitrogens is 3. The van der Waals surface area contributed by atoms with Crippen LogP contribution in [0.4, 0.5) is 11.6 Å². The van der Waals surface area contributed by atoms with E-state index in [0.717, 1.165) is 10.6 Å². The number of phenols is 1. The molecule has 0 saturated heterocycles. The van der Waals surface area contributed by atoms with Gasteiger partial charge in [-0.05, 0) is 42.6 Å². The van der Waals surface area contributed by atoms with E-state index in [1.165, 1.54) is 0 Å². The molecule has 3 N–H and O–H groups in total. The van der Waals surface area contributed by atoms with E-state index < -0.39 is 6.04 Å². The van der Waals surface area contributed by atoms with Crippen molar-refractivity contribution in [3.8, 4) is 17.1 Å². The van der Waals surface area contributed by atoms with E-state index in [-0.39, 0.29) is 11.7 Å². The first-order chi connectivity index (χ1) is 15.1. The smallest absolute Gasteiger partial charge is 0.255 e. The molecule has 4 aromatic rings. The van der Waals surface area contributed by atoms with E-state index in [9.17, 15) is 9.90 Å². The highest BCUT2D eigenvalue weighted by atomic mass is 32.1. The fourth-order valence-corrected chi connectivity index (χ4v) is 4.46. The van der Waals surface area contributed by atoms with Crippen LogP contribution in [0.15, 0.2) is 83.4 Å². The summed E-state index contributed by atoms with van der Waals surface area (Å²) in [4.78, 5) is 18.9. The Labute approximate surface area is 182 Å². The van der Waals surface area contributed by atoms with Crippen LogP contribution < -0.4 is 10.6 Å². The first-order valence-corrected chi connectivity index (χ1v) is 10.6. The summed E-state index contributed by atoms with van der Waals surface area (Å²) in [7, 11) is 0.